The molecular weight excluding hydrogens is 414 g/mol. The molecule has 1 unspecified atom stereocenters. The van der Waals surface area contributed by atoms with E-state index in [-0.39, 0.29) is 28.9 Å². The van der Waals surface area contributed by atoms with Gasteiger partial charge in [0.25, 0.3) is 5.91 Å². The van der Waals surface area contributed by atoms with Crippen LogP contribution in [0, 0.1) is 0 Å². The van der Waals surface area contributed by atoms with Crippen LogP contribution in [0.25, 0.3) is 0 Å². The number of carbonyl (C=O) groups is 2. The lowest BCUT2D eigenvalue weighted by Gasteiger charge is -2.26. The van der Waals surface area contributed by atoms with E-state index in [0.29, 0.717) is 12.1 Å². The summed E-state index contributed by atoms with van der Waals surface area (Å²) in [6.45, 7) is 6.12. The molecule has 0 aliphatic heterocycles. The van der Waals surface area contributed by atoms with Gasteiger partial charge in [-0.1, -0.05) is 24.3 Å². The Balaban J connectivity index is 1.96. The average Bonchev–Trinajstić information content (AvgIpc) is 2.75. The van der Waals surface area contributed by atoms with E-state index in [1.807, 2.05) is 32.9 Å². The predicted molar refractivity (Wildman–Crippen MR) is 122 cm³/mol. The van der Waals surface area contributed by atoms with E-state index in [1.165, 1.54) is 0 Å². The third-order valence-corrected chi connectivity index (χ3v) is 6.56. The molecule has 0 aliphatic rings. The second-order valence-corrected chi connectivity index (χ2v) is 10.0. The van der Waals surface area contributed by atoms with Crippen molar-refractivity contribution in [2.75, 3.05) is 20.4 Å². The van der Waals surface area contributed by atoms with Gasteiger partial charge in [0.05, 0.1) is 10.9 Å². The molecule has 0 radical (unpaired) electrons. The van der Waals surface area contributed by atoms with Crippen molar-refractivity contribution in [1.29, 1.82) is 0 Å². The molecule has 1 atom stereocenters. The summed E-state index contributed by atoms with van der Waals surface area (Å²) in [4.78, 5) is 28.4. The number of hydrogen-bond donors (Lipinski definition) is 1. The van der Waals surface area contributed by atoms with Crippen LogP contribution in [0.3, 0.4) is 0 Å². The van der Waals surface area contributed by atoms with E-state index < -0.39 is 9.84 Å². The van der Waals surface area contributed by atoms with E-state index in [0.717, 1.165) is 17.4 Å². The van der Waals surface area contributed by atoms with Crippen LogP contribution in [0.5, 0.6) is 0 Å². The highest BCUT2D eigenvalue weighted by Crippen LogP contribution is 2.21. The molecule has 8 heteroatoms. The van der Waals surface area contributed by atoms with E-state index >= 15 is 0 Å². The molecule has 2 aromatic rings. The Kier molecular flexibility index (Phi) is 7.84. The maximum atomic E-state index is 12.6. The molecular formula is C23H31N3O4S. The van der Waals surface area contributed by atoms with Gasteiger partial charge in [0.15, 0.2) is 9.84 Å². The van der Waals surface area contributed by atoms with Crippen LogP contribution < -0.4 is 5.32 Å². The Hall–Kier alpha value is -2.87. The number of rotatable bonds is 7. The summed E-state index contributed by atoms with van der Waals surface area (Å²) in [7, 11) is 0.204. The molecule has 0 spiro atoms. The SMILES string of the molecule is CC(C)N(C)C(=O)c1ccc(CNC(=O)N(C)C(C)c2ccc(S(C)(=O)=O)cc2)cc1. The Morgan fingerprint density at radius 3 is 1.94 bits per heavy atom. The van der Waals surface area contributed by atoms with Crippen molar-refractivity contribution in [3.05, 3.63) is 65.2 Å². The third kappa shape index (κ3) is 6.30. The number of urea groups is 1. The number of amides is 3. The Labute approximate surface area is 185 Å². The van der Waals surface area contributed by atoms with E-state index in [1.54, 1.807) is 60.3 Å². The van der Waals surface area contributed by atoms with Gasteiger partial charge in [-0.25, -0.2) is 13.2 Å². The van der Waals surface area contributed by atoms with E-state index in [9.17, 15) is 18.0 Å². The number of carbonyl (C=O) groups excluding carboxylic acids is 2. The van der Waals surface area contributed by atoms with Gasteiger partial charge in [0, 0.05) is 38.5 Å². The molecule has 2 aromatic carbocycles. The van der Waals surface area contributed by atoms with Crippen molar-refractivity contribution < 1.29 is 18.0 Å². The van der Waals surface area contributed by atoms with Crippen LogP contribution in [0.4, 0.5) is 4.79 Å². The Morgan fingerprint density at radius 1 is 0.903 bits per heavy atom. The van der Waals surface area contributed by atoms with Crippen LogP contribution in [0.1, 0.15) is 48.3 Å². The van der Waals surface area contributed by atoms with E-state index in [2.05, 4.69) is 5.32 Å². The lowest BCUT2D eigenvalue weighted by molar-refractivity contribution is 0.0755. The number of benzene rings is 2. The first-order valence-electron chi connectivity index (χ1n) is 10.1. The quantitative estimate of drug-likeness (QED) is 0.707. The van der Waals surface area contributed by atoms with Gasteiger partial charge < -0.3 is 15.1 Å². The first kappa shape index (κ1) is 24.4. The van der Waals surface area contributed by atoms with Crippen molar-refractivity contribution in [2.24, 2.45) is 0 Å². The Bertz CT molecular complexity index is 1020. The summed E-state index contributed by atoms with van der Waals surface area (Å²) in [5.41, 5.74) is 2.33. The molecule has 168 valence electrons. The van der Waals surface area contributed by atoms with Crippen molar-refractivity contribution >= 4 is 21.8 Å². The number of nitrogens with one attached hydrogen (secondary N) is 1. The fourth-order valence-electron chi connectivity index (χ4n) is 2.90. The van der Waals surface area contributed by atoms with Crippen LogP contribution in [0.2, 0.25) is 0 Å². The lowest BCUT2D eigenvalue weighted by Crippen LogP contribution is -2.38. The molecule has 0 aliphatic carbocycles. The number of hydrogen-bond acceptors (Lipinski definition) is 4. The highest BCUT2D eigenvalue weighted by atomic mass is 32.2. The highest BCUT2D eigenvalue weighted by Gasteiger charge is 2.18. The van der Waals surface area contributed by atoms with Gasteiger partial charge in [-0.3, -0.25) is 4.79 Å². The molecule has 31 heavy (non-hydrogen) atoms. The van der Waals surface area contributed by atoms with Crippen molar-refractivity contribution in [1.82, 2.24) is 15.1 Å². The second kappa shape index (κ2) is 9.96. The molecule has 7 nitrogen and oxygen atoms in total. The van der Waals surface area contributed by atoms with Crippen LogP contribution >= 0.6 is 0 Å². The Morgan fingerprint density at radius 2 is 1.45 bits per heavy atom. The second-order valence-electron chi connectivity index (χ2n) is 7.99. The average molecular weight is 446 g/mol. The summed E-state index contributed by atoms with van der Waals surface area (Å²) in [6, 6.07) is 13.3. The molecule has 0 saturated heterocycles. The van der Waals surface area contributed by atoms with Crippen LogP contribution in [-0.4, -0.2) is 56.5 Å². The maximum Gasteiger partial charge on any atom is 0.317 e. The largest absolute Gasteiger partial charge is 0.339 e. The standard InChI is InChI=1S/C23H31N3O4S/c1-16(2)25(4)22(27)20-9-7-18(8-10-20)15-24-23(28)26(5)17(3)19-11-13-21(14-12-19)31(6,29)30/h7-14,16-17H,15H2,1-6H3,(H,24,28). The van der Waals surface area contributed by atoms with Crippen molar-refractivity contribution in [3.63, 3.8) is 0 Å². The molecule has 0 fully saturated rings. The van der Waals surface area contributed by atoms with Crippen LogP contribution in [-0.2, 0) is 16.4 Å². The summed E-state index contributed by atoms with van der Waals surface area (Å²) in [6.07, 6.45) is 1.16. The van der Waals surface area contributed by atoms with Gasteiger partial charge in [0.2, 0.25) is 0 Å². The highest BCUT2D eigenvalue weighted by molar-refractivity contribution is 7.90. The van der Waals surface area contributed by atoms with Gasteiger partial charge in [0.1, 0.15) is 0 Å². The topological polar surface area (TPSA) is 86.8 Å². The van der Waals surface area contributed by atoms with E-state index in [4.69, 9.17) is 0 Å². The monoisotopic (exact) mass is 445 g/mol. The van der Waals surface area contributed by atoms with Crippen molar-refractivity contribution in [2.45, 2.75) is 44.3 Å². The van der Waals surface area contributed by atoms with Crippen LogP contribution in [0.15, 0.2) is 53.4 Å². The maximum absolute atomic E-state index is 12.6. The molecule has 1 N–H and O–H groups in total. The van der Waals surface area contributed by atoms with Crippen molar-refractivity contribution in [3.8, 4) is 0 Å². The number of sulfone groups is 1. The summed E-state index contributed by atoms with van der Waals surface area (Å²) < 4.78 is 23.2. The minimum atomic E-state index is -3.26. The first-order valence-corrected chi connectivity index (χ1v) is 12.0. The summed E-state index contributed by atoms with van der Waals surface area (Å²) in [5, 5.41) is 2.87. The molecule has 0 aromatic heterocycles. The fourth-order valence-corrected chi connectivity index (χ4v) is 3.53. The zero-order valence-electron chi connectivity index (χ0n) is 18.9. The summed E-state index contributed by atoms with van der Waals surface area (Å²) in [5.74, 6) is -0.0407. The fraction of sp³-hybridized carbons (Fsp3) is 0.391. The zero-order chi connectivity index (χ0) is 23.3. The zero-order valence-corrected chi connectivity index (χ0v) is 19.7. The smallest absolute Gasteiger partial charge is 0.317 e. The van der Waals surface area contributed by atoms with Gasteiger partial charge in [-0.05, 0) is 56.2 Å². The first-order chi connectivity index (χ1) is 14.4. The normalized spacial score (nSPS) is 12.4. The third-order valence-electron chi connectivity index (χ3n) is 5.43. The molecule has 0 saturated carbocycles. The molecule has 0 heterocycles. The molecule has 0 bridgehead atoms. The molecule has 2 rings (SSSR count). The van der Waals surface area contributed by atoms with Gasteiger partial charge in [-0.2, -0.15) is 0 Å². The lowest BCUT2D eigenvalue weighted by atomic mass is 10.1. The minimum Gasteiger partial charge on any atom is -0.339 e. The number of nitrogens with zero attached hydrogens (tertiary/aromatic N) is 2. The molecule has 3 amide bonds. The summed E-state index contributed by atoms with van der Waals surface area (Å²) >= 11 is 0. The predicted octanol–water partition coefficient (Wildman–Crippen LogP) is 3.47. The minimum absolute atomic E-state index is 0.0407. The van der Waals surface area contributed by atoms with Gasteiger partial charge >= 0.3 is 6.03 Å². The van der Waals surface area contributed by atoms with Gasteiger partial charge in [-0.15, -0.1) is 0 Å².